The van der Waals surface area contributed by atoms with Crippen LogP contribution in [0.3, 0.4) is 0 Å². The Morgan fingerprint density at radius 2 is 2.24 bits per heavy atom. The third-order valence-corrected chi connectivity index (χ3v) is 2.06. The van der Waals surface area contributed by atoms with Crippen LogP contribution < -0.4 is 21.5 Å². The van der Waals surface area contributed by atoms with Crippen molar-refractivity contribution in [2.24, 2.45) is 5.73 Å². The van der Waals surface area contributed by atoms with E-state index in [0.717, 1.165) is 5.69 Å². The minimum Gasteiger partial charge on any atom is -0.497 e. The van der Waals surface area contributed by atoms with E-state index in [0.29, 0.717) is 24.6 Å². The summed E-state index contributed by atoms with van der Waals surface area (Å²) in [6, 6.07) is 5.36. The van der Waals surface area contributed by atoms with Crippen molar-refractivity contribution in [3.63, 3.8) is 0 Å². The summed E-state index contributed by atoms with van der Waals surface area (Å²) in [4.78, 5) is 10.4. The van der Waals surface area contributed by atoms with Crippen molar-refractivity contribution in [2.45, 2.75) is 0 Å². The highest BCUT2D eigenvalue weighted by Crippen LogP contribution is 2.23. The molecule has 0 heterocycles. The molecule has 0 bridgehead atoms. The van der Waals surface area contributed by atoms with Gasteiger partial charge in [-0.05, 0) is 12.1 Å². The molecule has 0 unspecified atom stereocenters. The number of amides is 1. The van der Waals surface area contributed by atoms with Gasteiger partial charge >= 0.3 is 0 Å². The lowest BCUT2D eigenvalue weighted by molar-refractivity contribution is -0.122. The fourth-order valence-corrected chi connectivity index (χ4v) is 1.26. The second-order valence-corrected chi connectivity index (χ2v) is 3.40. The predicted molar refractivity (Wildman–Crippen MR) is 65.9 cm³/mol. The van der Waals surface area contributed by atoms with E-state index in [1.54, 1.807) is 13.2 Å². The Morgan fingerprint density at radius 3 is 2.82 bits per heavy atom. The number of nitrogens with one attached hydrogen (secondary N) is 1. The van der Waals surface area contributed by atoms with E-state index in [-0.39, 0.29) is 6.61 Å². The molecule has 6 heteroatoms. The van der Waals surface area contributed by atoms with Gasteiger partial charge in [-0.25, -0.2) is 0 Å². The standard InChI is InChI=1S/C11H17N3O3/c1-16-8-2-3-10(9(12)6-8)14-4-5-17-7-11(13)15/h2-3,6,14H,4-5,7,12H2,1H3,(H2,13,15). The molecule has 94 valence electrons. The van der Waals surface area contributed by atoms with Crippen molar-refractivity contribution < 1.29 is 14.3 Å². The van der Waals surface area contributed by atoms with Crippen LogP contribution in [0, 0.1) is 0 Å². The first-order valence-electron chi connectivity index (χ1n) is 5.17. The van der Waals surface area contributed by atoms with Gasteiger partial charge in [0.15, 0.2) is 0 Å². The first-order valence-corrected chi connectivity index (χ1v) is 5.17. The minimum atomic E-state index is -0.478. The average Bonchev–Trinajstić information content (AvgIpc) is 2.30. The molecule has 0 radical (unpaired) electrons. The highest BCUT2D eigenvalue weighted by Gasteiger charge is 2.00. The van der Waals surface area contributed by atoms with E-state index in [9.17, 15) is 4.79 Å². The van der Waals surface area contributed by atoms with Crippen molar-refractivity contribution in [1.82, 2.24) is 0 Å². The molecule has 1 aromatic carbocycles. The van der Waals surface area contributed by atoms with Gasteiger partial charge in [-0.2, -0.15) is 0 Å². The lowest BCUT2D eigenvalue weighted by atomic mass is 10.2. The third kappa shape index (κ3) is 4.60. The molecule has 0 aliphatic carbocycles. The van der Waals surface area contributed by atoms with Gasteiger partial charge in [-0.1, -0.05) is 0 Å². The van der Waals surface area contributed by atoms with Crippen molar-refractivity contribution in [2.75, 3.05) is 37.9 Å². The molecule has 1 amide bonds. The van der Waals surface area contributed by atoms with Crippen LogP contribution in [0.15, 0.2) is 18.2 Å². The van der Waals surface area contributed by atoms with Gasteiger partial charge in [-0.3, -0.25) is 4.79 Å². The maximum atomic E-state index is 10.4. The van der Waals surface area contributed by atoms with Crippen LogP contribution in [0.1, 0.15) is 0 Å². The second-order valence-electron chi connectivity index (χ2n) is 3.40. The summed E-state index contributed by atoms with van der Waals surface area (Å²) in [6.45, 7) is 0.859. The smallest absolute Gasteiger partial charge is 0.243 e. The molecule has 1 aromatic rings. The van der Waals surface area contributed by atoms with Crippen LogP contribution in [0.2, 0.25) is 0 Å². The number of nitrogens with two attached hydrogens (primary N) is 2. The summed E-state index contributed by atoms with van der Waals surface area (Å²) in [6.07, 6.45) is 0. The average molecular weight is 239 g/mol. The number of nitrogen functional groups attached to an aromatic ring is 1. The summed E-state index contributed by atoms with van der Waals surface area (Å²) in [5, 5.41) is 3.08. The zero-order valence-corrected chi connectivity index (χ0v) is 9.73. The van der Waals surface area contributed by atoms with Crippen molar-refractivity contribution in [3.8, 4) is 5.75 Å². The Morgan fingerprint density at radius 1 is 1.47 bits per heavy atom. The molecular weight excluding hydrogens is 222 g/mol. The third-order valence-electron chi connectivity index (χ3n) is 2.06. The topological polar surface area (TPSA) is 99.6 Å². The number of hydrogen-bond donors (Lipinski definition) is 3. The Balaban J connectivity index is 2.34. The maximum absolute atomic E-state index is 10.4. The minimum absolute atomic E-state index is 0.0697. The lowest BCUT2D eigenvalue weighted by Crippen LogP contribution is -2.20. The number of hydrogen-bond acceptors (Lipinski definition) is 5. The van der Waals surface area contributed by atoms with Gasteiger partial charge in [0.25, 0.3) is 0 Å². The van der Waals surface area contributed by atoms with Crippen LogP contribution in [0.25, 0.3) is 0 Å². The van der Waals surface area contributed by atoms with Gasteiger partial charge < -0.3 is 26.3 Å². The largest absolute Gasteiger partial charge is 0.497 e. The van der Waals surface area contributed by atoms with Crippen molar-refractivity contribution in [1.29, 1.82) is 0 Å². The molecule has 1 rings (SSSR count). The van der Waals surface area contributed by atoms with E-state index in [1.807, 2.05) is 12.1 Å². The van der Waals surface area contributed by atoms with E-state index in [1.165, 1.54) is 0 Å². The molecule has 17 heavy (non-hydrogen) atoms. The van der Waals surface area contributed by atoms with Crippen LogP contribution in [0.4, 0.5) is 11.4 Å². The van der Waals surface area contributed by atoms with Gasteiger partial charge in [-0.15, -0.1) is 0 Å². The fourth-order valence-electron chi connectivity index (χ4n) is 1.26. The maximum Gasteiger partial charge on any atom is 0.243 e. The zero-order valence-electron chi connectivity index (χ0n) is 9.73. The van der Waals surface area contributed by atoms with Crippen LogP contribution in [-0.4, -0.2) is 32.8 Å². The normalized spacial score (nSPS) is 9.94. The molecule has 0 aliphatic heterocycles. The van der Waals surface area contributed by atoms with Crippen LogP contribution in [-0.2, 0) is 9.53 Å². The van der Waals surface area contributed by atoms with E-state index >= 15 is 0 Å². The predicted octanol–water partition coefficient (Wildman–Crippen LogP) is 0.191. The van der Waals surface area contributed by atoms with Crippen LogP contribution >= 0.6 is 0 Å². The molecular formula is C11H17N3O3. The number of ether oxygens (including phenoxy) is 2. The van der Waals surface area contributed by atoms with E-state index < -0.39 is 5.91 Å². The van der Waals surface area contributed by atoms with Gasteiger partial charge in [0.2, 0.25) is 5.91 Å². The van der Waals surface area contributed by atoms with Gasteiger partial charge in [0.1, 0.15) is 12.4 Å². The SMILES string of the molecule is COc1ccc(NCCOCC(N)=O)c(N)c1. The molecule has 0 atom stereocenters. The first kappa shape index (κ1) is 13.1. The molecule has 0 saturated heterocycles. The molecule has 6 nitrogen and oxygen atoms in total. The summed E-state index contributed by atoms with van der Waals surface area (Å²) in [5.74, 6) is 0.229. The van der Waals surface area contributed by atoms with Crippen molar-refractivity contribution >= 4 is 17.3 Å². The van der Waals surface area contributed by atoms with E-state index in [2.05, 4.69) is 5.32 Å². The zero-order chi connectivity index (χ0) is 12.7. The molecule has 5 N–H and O–H groups in total. The number of carbonyl (C=O) groups excluding carboxylic acids is 1. The molecule has 0 aromatic heterocycles. The lowest BCUT2D eigenvalue weighted by Gasteiger charge is -2.10. The Bertz CT molecular complexity index is 382. The number of carbonyl (C=O) groups is 1. The number of anilines is 2. The van der Waals surface area contributed by atoms with E-state index in [4.69, 9.17) is 20.9 Å². The monoisotopic (exact) mass is 239 g/mol. The number of rotatable bonds is 7. The van der Waals surface area contributed by atoms with Crippen LogP contribution in [0.5, 0.6) is 5.75 Å². The number of primary amides is 1. The summed E-state index contributed by atoms with van der Waals surface area (Å²) in [7, 11) is 1.58. The summed E-state index contributed by atoms with van der Waals surface area (Å²) in [5.41, 5.74) is 12.1. The number of benzene rings is 1. The first-order chi connectivity index (χ1) is 8.13. The second kappa shape index (κ2) is 6.59. The Hall–Kier alpha value is -1.95. The highest BCUT2D eigenvalue weighted by atomic mass is 16.5. The molecule has 0 saturated carbocycles. The summed E-state index contributed by atoms with van der Waals surface area (Å²) < 4.78 is 10.0. The molecule has 0 fully saturated rings. The molecule has 0 aliphatic rings. The van der Waals surface area contributed by atoms with Crippen molar-refractivity contribution in [3.05, 3.63) is 18.2 Å². The molecule has 0 spiro atoms. The van der Waals surface area contributed by atoms with Gasteiger partial charge in [0, 0.05) is 12.6 Å². The highest BCUT2D eigenvalue weighted by molar-refractivity contribution is 5.75. The quantitative estimate of drug-likeness (QED) is 0.466. The number of methoxy groups -OCH3 is 1. The van der Waals surface area contributed by atoms with Gasteiger partial charge in [0.05, 0.1) is 25.1 Å². The summed E-state index contributed by atoms with van der Waals surface area (Å²) >= 11 is 0. The fraction of sp³-hybridized carbons (Fsp3) is 0.364. The Kier molecular flexibility index (Phi) is 5.09. The Labute approximate surface area is 99.9 Å².